The van der Waals surface area contributed by atoms with E-state index < -0.39 is 5.97 Å². The van der Waals surface area contributed by atoms with Crippen LogP contribution in [0, 0.1) is 5.92 Å². The Kier molecular flexibility index (Phi) is 3.15. The highest BCUT2D eigenvalue weighted by molar-refractivity contribution is 7.17. The third-order valence-electron chi connectivity index (χ3n) is 2.91. The van der Waals surface area contributed by atoms with Crippen LogP contribution in [-0.2, 0) is 0 Å². The van der Waals surface area contributed by atoms with Crippen molar-refractivity contribution in [2.24, 2.45) is 5.92 Å². The van der Waals surface area contributed by atoms with Crippen LogP contribution in [0.5, 0.6) is 0 Å². The van der Waals surface area contributed by atoms with Crippen LogP contribution in [0.15, 0.2) is 0 Å². The normalized spacial score (nSPS) is 22.2. The second-order valence-electron chi connectivity index (χ2n) is 4.21. The Balaban J connectivity index is 2.16. The van der Waals surface area contributed by atoms with E-state index >= 15 is 0 Å². The van der Waals surface area contributed by atoms with Gasteiger partial charge in [-0.05, 0) is 12.3 Å². The molecule has 1 heterocycles. The van der Waals surface area contributed by atoms with Gasteiger partial charge < -0.3 is 10.4 Å². The maximum Gasteiger partial charge on any atom is 0.356 e. The maximum absolute atomic E-state index is 11.3. The number of hydrogen-bond donors (Lipinski definition) is 2. The molecule has 6 heteroatoms. The average Bonchev–Trinajstić information content (AvgIpc) is 2.84. The Morgan fingerprint density at radius 3 is 2.71 bits per heavy atom. The number of thiazole rings is 1. The van der Waals surface area contributed by atoms with Gasteiger partial charge in [-0.3, -0.25) is 4.79 Å². The Hall–Kier alpha value is -1.43. The standard InChI is InChI=1S/C11H14N2O3S/c1-3-6-4-7(6)12-11-13-8(10(15)16)9(17-11)5(2)14/h6-7H,3-4H2,1-2H3,(H,12,13)(H,15,16). The number of carbonyl (C=O) groups is 2. The van der Waals surface area contributed by atoms with Gasteiger partial charge in [0.25, 0.3) is 0 Å². The van der Waals surface area contributed by atoms with Gasteiger partial charge in [0.05, 0.1) is 0 Å². The summed E-state index contributed by atoms with van der Waals surface area (Å²) < 4.78 is 0. The van der Waals surface area contributed by atoms with Gasteiger partial charge in [0.15, 0.2) is 16.6 Å². The molecular weight excluding hydrogens is 240 g/mol. The van der Waals surface area contributed by atoms with E-state index in [1.165, 1.54) is 6.92 Å². The molecule has 2 atom stereocenters. The molecule has 0 amide bonds. The number of carbonyl (C=O) groups excluding carboxylic acids is 1. The first-order chi connectivity index (χ1) is 8.02. The fourth-order valence-electron chi connectivity index (χ4n) is 1.80. The second kappa shape index (κ2) is 4.44. The first-order valence-electron chi connectivity index (χ1n) is 5.54. The Morgan fingerprint density at radius 1 is 1.59 bits per heavy atom. The lowest BCUT2D eigenvalue weighted by Gasteiger charge is -1.98. The lowest BCUT2D eigenvalue weighted by atomic mass is 10.3. The average molecular weight is 254 g/mol. The minimum absolute atomic E-state index is 0.140. The molecule has 0 spiro atoms. The van der Waals surface area contributed by atoms with Crippen LogP contribution in [0.2, 0.25) is 0 Å². The number of carboxylic acids is 1. The van der Waals surface area contributed by atoms with Crippen LogP contribution in [0.4, 0.5) is 5.13 Å². The predicted molar refractivity (Wildman–Crippen MR) is 64.9 cm³/mol. The zero-order valence-corrected chi connectivity index (χ0v) is 10.5. The summed E-state index contributed by atoms with van der Waals surface area (Å²) in [5.41, 5.74) is -0.140. The van der Waals surface area contributed by atoms with Crippen molar-refractivity contribution in [2.45, 2.75) is 32.7 Å². The quantitative estimate of drug-likeness (QED) is 0.788. The molecule has 0 bridgehead atoms. The third-order valence-corrected chi connectivity index (χ3v) is 3.99. The molecule has 1 aliphatic carbocycles. The first kappa shape index (κ1) is 12.0. The number of anilines is 1. The summed E-state index contributed by atoms with van der Waals surface area (Å²) in [6.07, 6.45) is 2.20. The van der Waals surface area contributed by atoms with Crippen molar-refractivity contribution < 1.29 is 14.7 Å². The lowest BCUT2D eigenvalue weighted by Crippen LogP contribution is -2.06. The van der Waals surface area contributed by atoms with Crippen LogP contribution in [0.3, 0.4) is 0 Å². The summed E-state index contributed by atoms with van der Waals surface area (Å²) in [5.74, 6) is -0.758. The van der Waals surface area contributed by atoms with E-state index in [0.717, 1.165) is 24.2 Å². The van der Waals surface area contributed by atoms with Gasteiger partial charge in [0, 0.05) is 13.0 Å². The highest BCUT2D eigenvalue weighted by Gasteiger charge is 2.36. The number of aromatic nitrogens is 1. The van der Waals surface area contributed by atoms with E-state index in [-0.39, 0.29) is 16.4 Å². The van der Waals surface area contributed by atoms with E-state index in [9.17, 15) is 9.59 Å². The molecule has 1 aromatic heterocycles. The summed E-state index contributed by atoms with van der Waals surface area (Å²) in [7, 11) is 0. The molecule has 5 nitrogen and oxygen atoms in total. The van der Waals surface area contributed by atoms with Crippen molar-refractivity contribution >= 4 is 28.2 Å². The summed E-state index contributed by atoms with van der Waals surface area (Å²) >= 11 is 1.12. The van der Waals surface area contributed by atoms with Crippen LogP contribution in [0.25, 0.3) is 0 Å². The van der Waals surface area contributed by atoms with Gasteiger partial charge in [-0.15, -0.1) is 0 Å². The molecule has 92 valence electrons. The van der Waals surface area contributed by atoms with Gasteiger partial charge in [0.2, 0.25) is 0 Å². The molecule has 0 aromatic carbocycles. The van der Waals surface area contributed by atoms with Crippen molar-refractivity contribution in [1.29, 1.82) is 0 Å². The largest absolute Gasteiger partial charge is 0.476 e. The summed E-state index contributed by atoms with van der Waals surface area (Å²) in [5, 5.41) is 12.7. The van der Waals surface area contributed by atoms with Crippen LogP contribution in [0.1, 0.15) is 46.8 Å². The van der Waals surface area contributed by atoms with Gasteiger partial charge in [-0.25, -0.2) is 9.78 Å². The third kappa shape index (κ3) is 2.46. The van der Waals surface area contributed by atoms with Crippen molar-refractivity contribution in [3.63, 3.8) is 0 Å². The fourth-order valence-corrected chi connectivity index (χ4v) is 2.71. The number of rotatable bonds is 5. The summed E-state index contributed by atoms with van der Waals surface area (Å²) in [6.45, 7) is 3.48. The molecule has 2 unspecified atom stereocenters. The molecule has 1 saturated carbocycles. The molecule has 2 rings (SSSR count). The molecule has 2 N–H and O–H groups in total. The van der Waals surface area contributed by atoms with Crippen molar-refractivity contribution in [3.05, 3.63) is 10.6 Å². The molecule has 0 aliphatic heterocycles. The minimum Gasteiger partial charge on any atom is -0.476 e. The lowest BCUT2D eigenvalue weighted by molar-refractivity contribution is 0.0687. The SMILES string of the molecule is CCC1CC1Nc1nc(C(=O)O)c(C(C)=O)s1. The number of carboxylic acid groups (broad SMARTS) is 1. The number of Topliss-reactive ketones (excluding diaryl/α,β-unsaturated/α-hetero) is 1. The number of nitrogens with one attached hydrogen (secondary N) is 1. The van der Waals surface area contributed by atoms with Gasteiger partial charge >= 0.3 is 5.97 Å². The highest BCUT2D eigenvalue weighted by Crippen LogP contribution is 2.37. The Labute approximate surface area is 103 Å². The summed E-state index contributed by atoms with van der Waals surface area (Å²) in [4.78, 5) is 26.4. The molecule has 17 heavy (non-hydrogen) atoms. The number of nitrogens with zero attached hydrogens (tertiary/aromatic N) is 1. The van der Waals surface area contributed by atoms with Gasteiger partial charge in [-0.2, -0.15) is 0 Å². The van der Waals surface area contributed by atoms with Crippen LogP contribution < -0.4 is 5.32 Å². The molecule has 0 radical (unpaired) electrons. The molecule has 1 fully saturated rings. The van der Waals surface area contributed by atoms with Crippen LogP contribution in [-0.4, -0.2) is 27.9 Å². The van der Waals surface area contributed by atoms with Gasteiger partial charge in [0.1, 0.15) is 4.88 Å². The predicted octanol–water partition coefficient (Wildman–Crippen LogP) is 2.25. The zero-order chi connectivity index (χ0) is 12.6. The van der Waals surface area contributed by atoms with E-state index in [2.05, 4.69) is 17.2 Å². The Bertz CT molecular complexity index is 438. The molecule has 0 saturated heterocycles. The topological polar surface area (TPSA) is 79.3 Å². The van der Waals surface area contributed by atoms with E-state index in [4.69, 9.17) is 5.11 Å². The van der Waals surface area contributed by atoms with E-state index in [1.54, 1.807) is 0 Å². The van der Waals surface area contributed by atoms with E-state index in [1.807, 2.05) is 0 Å². The van der Waals surface area contributed by atoms with Crippen molar-refractivity contribution in [3.8, 4) is 0 Å². The molecule has 1 aromatic rings. The number of ketones is 1. The second-order valence-corrected chi connectivity index (χ2v) is 5.21. The maximum atomic E-state index is 11.3. The number of hydrogen-bond acceptors (Lipinski definition) is 5. The van der Waals surface area contributed by atoms with Crippen molar-refractivity contribution in [2.75, 3.05) is 5.32 Å². The minimum atomic E-state index is -1.15. The smallest absolute Gasteiger partial charge is 0.356 e. The van der Waals surface area contributed by atoms with Gasteiger partial charge in [-0.1, -0.05) is 24.7 Å². The van der Waals surface area contributed by atoms with Crippen LogP contribution >= 0.6 is 11.3 Å². The molecular formula is C11H14N2O3S. The fraction of sp³-hybridized carbons (Fsp3) is 0.545. The zero-order valence-electron chi connectivity index (χ0n) is 9.69. The Morgan fingerprint density at radius 2 is 2.29 bits per heavy atom. The first-order valence-corrected chi connectivity index (χ1v) is 6.36. The van der Waals surface area contributed by atoms with E-state index in [0.29, 0.717) is 17.1 Å². The molecule has 1 aliphatic rings. The van der Waals surface area contributed by atoms with Crippen molar-refractivity contribution in [1.82, 2.24) is 4.98 Å². The number of aromatic carboxylic acids is 1. The summed E-state index contributed by atoms with van der Waals surface area (Å²) in [6, 6.07) is 0.382. The monoisotopic (exact) mass is 254 g/mol. The highest BCUT2D eigenvalue weighted by atomic mass is 32.1.